The van der Waals surface area contributed by atoms with Crippen molar-refractivity contribution in [1.29, 1.82) is 0 Å². The maximum atomic E-state index is 9.03. The molecular weight excluding hydrogens is 235 g/mol. The van der Waals surface area contributed by atoms with E-state index in [0.29, 0.717) is 17.9 Å². The van der Waals surface area contributed by atoms with Crippen LogP contribution in [0.25, 0.3) is 0 Å². The third-order valence-corrected chi connectivity index (χ3v) is 2.82. The molecule has 2 rings (SSSR count). The van der Waals surface area contributed by atoms with E-state index in [4.69, 9.17) is 19.5 Å². The predicted molar refractivity (Wildman–Crippen MR) is 66.8 cm³/mol. The summed E-state index contributed by atoms with van der Waals surface area (Å²) >= 11 is 0. The lowest BCUT2D eigenvalue weighted by Crippen LogP contribution is -2.38. The third kappa shape index (κ3) is 3.95. The lowest BCUT2D eigenvalue weighted by molar-refractivity contribution is 0.0320. The Kier molecular flexibility index (Phi) is 4.95. The van der Waals surface area contributed by atoms with Gasteiger partial charge >= 0.3 is 7.12 Å². The summed E-state index contributed by atoms with van der Waals surface area (Å²) in [5, 5.41) is 18.1. The average molecular weight is 252 g/mol. The van der Waals surface area contributed by atoms with Crippen LogP contribution < -0.4 is 10.2 Å². The summed E-state index contributed by atoms with van der Waals surface area (Å²) in [7, 11) is -1.49. The van der Waals surface area contributed by atoms with Gasteiger partial charge in [-0.05, 0) is 11.5 Å². The van der Waals surface area contributed by atoms with Crippen LogP contribution in [0.5, 0.6) is 5.88 Å². The number of morpholine rings is 1. The fourth-order valence-corrected chi connectivity index (χ4v) is 1.77. The van der Waals surface area contributed by atoms with Crippen molar-refractivity contribution < 1.29 is 19.5 Å². The zero-order chi connectivity index (χ0) is 12.8. The first-order chi connectivity index (χ1) is 8.75. The van der Waals surface area contributed by atoms with E-state index in [1.165, 1.54) is 12.3 Å². The molecule has 1 aromatic rings. The molecule has 1 fully saturated rings. The minimum Gasteiger partial charge on any atom is -0.476 e. The fourth-order valence-electron chi connectivity index (χ4n) is 1.77. The summed E-state index contributed by atoms with van der Waals surface area (Å²) in [6.45, 7) is 4.72. The zero-order valence-corrected chi connectivity index (χ0v) is 10.2. The number of ether oxygens (including phenoxy) is 2. The third-order valence-electron chi connectivity index (χ3n) is 2.82. The first kappa shape index (κ1) is 13.3. The van der Waals surface area contributed by atoms with Crippen LogP contribution in [0.4, 0.5) is 0 Å². The first-order valence-corrected chi connectivity index (χ1v) is 6.01. The highest BCUT2D eigenvalue weighted by molar-refractivity contribution is 6.58. The van der Waals surface area contributed by atoms with Crippen LogP contribution in [0.2, 0.25) is 0 Å². The maximum absolute atomic E-state index is 9.03. The van der Waals surface area contributed by atoms with Crippen molar-refractivity contribution >= 4 is 12.6 Å². The zero-order valence-electron chi connectivity index (χ0n) is 10.2. The van der Waals surface area contributed by atoms with E-state index in [9.17, 15) is 0 Å². The highest BCUT2D eigenvalue weighted by Crippen LogP contribution is 2.03. The van der Waals surface area contributed by atoms with Gasteiger partial charge in [-0.15, -0.1) is 0 Å². The van der Waals surface area contributed by atoms with Gasteiger partial charge < -0.3 is 19.5 Å². The Labute approximate surface area is 106 Å². The molecule has 2 N–H and O–H groups in total. The van der Waals surface area contributed by atoms with Crippen molar-refractivity contribution in [2.75, 3.05) is 39.5 Å². The molecule has 0 amide bonds. The van der Waals surface area contributed by atoms with E-state index in [1.54, 1.807) is 6.07 Å². The quantitative estimate of drug-likeness (QED) is 0.619. The summed E-state index contributed by atoms with van der Waals surface area (Å²) in [5.41, 5.74) is 0.381. The Morgan fingerprint density at radius 1 is 1.39 bits per heavy atom. The molecule has 18 heavy (non-hydrogen) atoms. The van der Waals surface area contributed by atoms with E-state index in [1.807, 2.05) is 0 Å². The molecule has 0 atom stereocenters. The van der Waals surface area contributed by atoms with Gasteiger partial charge in [0.1, 0.15) is 6.61 Å². The monoisotopic (exact) mass is 252 g/mol. The summed E-state index contributed by atoms with van der Waals surface area (Å²) in [6, 6.07) is 3.07. The van der Waals surface area contributed by atoms with Crippen LogP contribution in [-0.4, -0.2) is 66.5 Å². The minimum absolute atomic E-state index is 0.381. The van der Waals surface area contributed by atoms with Gasteiger partial charge in [0.15, 0.2) is 0 Å². The van der Waals surface area contributed by atoms with Gasteiger partial charge in [0.2, 0.25) is 5.88 Å². The first-order valence-electron chi connectivity index (χ1n) is 6.01. The maximum Gasteiger partial charge on any atom is 0.488 e. The van der Waals surface area contributed by atoms with Gasteiger partial charge in [0, 0.05) is 31.9 Å². The molecule has 1 aromatic heterocycles. The molecule has 0 unspecified atom stereocenters. The van der Waals surface area contributed by atoms with Gasteiger partial charge in [0.25, 0.3) is 0 Å². The van der Waals surface area contributed by atoms with Crippen molar-refractivity contribution in [2.45, 2.75) is 0 Å². The molecule has 0 bridgehead atoms. The lowest BCUT2D eigenvalue weighted by atomic mass is 9.81. The normalized spacial score (nSPS) is 16.6. The molecule has 1 aliphatic heterocycles. The van der Waals surface area contributed by atoms with E-state index in [2.05, 4.69) is 9.88 Å². The molecule has 2 heterocycles. The summed E-state index contributed by atoms with van der Waals surface area (Å²) in [4.78, 5) is 6.27. The molecule has 0 aromatic carbocycles. The summed E-state index contributed by atoms with van der Waals surface area (Å²) in [5.74, 6) is 0.411. The molecule has 1 aliphatic rings. The number of aromatic nitrogens is 1. The van der Waals surface area contributed by atoms with Gasteiger partial charge in [-0.25, -0.2) is 4.98 Å². The highest BCUT2D eigenvalue weighted by Gasteiger charge is 2.13. The molecule has 0 aliphatic carbocycles. The molecular formula is C11H17BN2O4. The summed E-state index contributed by atoms with van der Waals surface area (Å²) in [6.07, 6.45) is 1.50. The molecule has 6 nitrogen and oxygen atoms in total. The van der Waals surface area contributed by atoms with Crippen molar-refractivity contribution in [2.24, 2.45) is 0 Å². The van der Waals surface area contributed by atoms with E-state index in [0.717, 1.165) is 32.8 Å². The minimum atomic E-state index is -1.49. The van der Waals surface area contributed by atoms with Gasteiger partial charge in [-0.1, -0.05) is 0 Å². The average Bonchev–Trinajstić information content (AvgIpc) is 2.40. The largest absolute Gasteiger partial charge is 0.488 e. The fraction of sp³-hybridized carbons (Fsp3) is 0.545. The van der Waals surface area contributed by atoms with Gasteiger partial charge in [-0.3, -0.25) is 4.90 Å². The Balaban J connectivity index is 1.77. The van der Waals surface area contributed by atoms with Crippen LogP contribution in [0.15, 0.2) is 18.3 Å². The molecule has 0 spiro atoms. The number of hydrogen-bond donors (Lipinski definition) is 2. The molecule has 7 heteroatoms. The predicted octanol–water partition coefficient (Wildman–Crippen LogP) is -1.53. The Morgan fingerprint density at radius 3 is 2.89 bits per heavy atom. The van der Waals surface area contributed by atoms with Crippen molar-refractivity contribution in [3.8, 4) is 5.88 Å². The van der Waals surface area contributed by atoms with Crippen LogP contribution >= 0.6 is 0 Å². The number of nitrogens with zero attached hydrogens (tertiary/aromatic N) is 2. The van der Waals surface area contributed by atoms with Crippen LogP contribution in [0.3, 0.4) is 0 Å². The molecule has 98 valence electrons. The Hall–Kier alpha value is -1.15. The van der Waals surface area contributed by atoms with Crippen molar-refractivity contribution in [1.82, 2.24) is 9.88 Å². The Bertz CT molecular complexity index is 372. The number of hydrogen-bond acceptors (Lipinski definition) is 6. The summed E-state index contributed by atoms with van der Waals surface area (Å²) < 4.78 is 10.7. The SMILES string of the molecule is OB(O)c1ccnc(OCCN2CCOCC2)c1. The van der Waals surface area contributed by atoms with E-state index >= 15 is 0 Å². The second-order valence-electron chi connectivity index (χ2n) is 4.10. The van der Waals surface area contributed by atoms with Crippen LogP contribution in [0.1, 0.15) is 0 Å². The van der Waals surface area contributed by atoms with Crippen molar-refractivity contribution in [3.05, 3.63) is 18.3 Å². The number of pyridine rings is 1. The second kappa shape index (κ2) is 6.70. The topological polar surface area (TPSA) is 75.0 Å². The van der Waals surface area contributed by atoms with Crippen LogP contribution in [-0.2, 0) is 4.74 Å². The smallest absolute Gasteiger partial charge is 0.476 e. The van der Waals surface area contributed by atoms with Crippen molar-refractivity contribution in [3.63, 3.8) is 0 Å². The number of rotatable bonds is 5. The van der Waals surface area contributed by atoms with Gasteiger partial charge in [-0.2, -0.15) is 0 Å². The molecule has 1 saturated heterocycles. The second-order valence-corrected chi connectivity index (χ2v) is 4.10. The molecule has 0 saturated carbocycles. The van der Waals surface area contributed by atoms with E-state index < -0.39 is 7.12 Å². The lowest BCUT2D eigenvalue weighted by Gasteiger charge is -2.26. The highest BCUT2D eigenvalue weighted by atomic mass is 16.5. The standard InChI is InChI=1S/C11H17BN2O4/c15-12(16)10-1-2-13-11(9-10)18-8-5-14-3-6-17-7-4-14/h1-2,9,15-16H,3-8H2. The Morgan fingerprint density at radius 2 is 2.17 bits per heavy atom. The van der Waals surface area contributed by atoms with Gasteiger partial charge in [0.05, 0.1) is 13.2 Å². The van der Waals surface area contributed by atoms with E-state index in [-0.39, 0.29) is 0 Å². The molecule has 0 radical (unpaired) electrons. The van der Waals surface area contributed by atoms with Crippen LogP contribution in [0, 0.1) is 0 Å².